The number of aliphatic hydroxyl groups is 2. The first-order valence-electron chi connectivity index (χ1n) is 6.42. The Bertz CT molecular complexity index is 179. The minimum absolute atomic E-state index is 0. The standard InChI is InChI=1S/2C6H13NO.2ClH/c2*7-4-5-1-2-6(8)3-5;;/h2*5-6,8H,1-4,7H2;2*1H/t2*5-,6+;;/m10../s1. The summed E-state index contributed by atoms with van der Waals surface area (Å²) < 4.78 is 0. The lowest BCUT2D eigenvalue weighted by atomic mass is 10.1. The van der Waals surface area contributed by atoms with E-state index in [9.17, 15) is 0 Å². The van der Waals surface area contributed by atoms with Crippen LogP contribution in [-0.4, -0.2) is 35.5 Å². The van der Waals surface area contributed by atoms with Gasteiger partial charge < -0.3 is 21.7 Å². The highest BCUT2D eigenvalue weighted by Gasteiger charge is 2.21. The summed E-state index contributed by atoms with van der Waals surface area (Å²) in [4.78, 5) is 0. The fourth-order valence-corrected chi connectivity index (χ4v) is 2.53. The molecule has 0 bridgehead atoms. The average Bonchev–Trinajstić information content (AvgIpc) is 2.88. The van der Waals surface area contributed by atoms with Crippen LogP contribution in [0.4, 0.5) is 0 Å². The van der Waals surface area contributed by atoms with Crippen LogP contribution in [0.2, 0.25) is 0 Å². The summed E-state index contributed by atoms with van der Waals surface area (Å²) in [5.41, 5.74) is 10.8. The molecular weight excluding hydrogens is 275 g/mol. The Hall–Kier alpha value is 0.420. The molecule has 0 unspecified atom stereocenters. The van der Waals surface area contributed by atoms with Gasteiger partial charge >= 0.3 is 0 Å². The molecule has 112 valence electrons. The lowest BCUT2D eigenvalue weighted by molar-refractivity contribution is 0.177. The van der Waals surface area contributed by atoms with Crippen LogP contribution in [-0.2, 0) is 0 Å². The van der Waals surface area contributed by atoms with Gasteiger partial charge in [0.2, 0.25) is 0 Å². The van der Waals surface area contributed by atoms with Crippen molar-refractivity contribution >= 4 is 24.8 Å². The molecule has 2 fully saturated rings. The molecule has 4 nitrogen and oxygen atoms in total. The zero-order valence-electron chi connectivity index (χ0n) is 10.8. The molecule has 18 heavy (non-hydrogen) atoms. The van der Waals surface area contributed by atoms with Crippen LogP contribution in [0.3, 0.4) is 0 Å². The Kier molecular flexibility index (Phi) is 13.0. The van der Waals surface area contributed by atoms with Crippen LogP contribution < -0.4 is 11.5 Å². The minimum Gasteiger partial charge on any atom is -0.393 e. The maximum absolute atomic E-state index is 8.98. The van der Waals surface area contributed by atoms with Crippen LogP contribution >= 0.6 is 24.8 Å². The highest BCUT2D eigenvalue weighted by Crippen LogP contribution is 2.24. The molecule has 2 aliphatic carbocycles. The number of halogens is 2. The second-order valence-corrected chi connectivity index (χ2v) is 5.14. The summed E-state index contributed by atoms with van der Waals surface area (Å²) in [6.45, 7) is 1.49. The molecule has 0 aromatic carbocycles. The Morgan fingerprint density at radius 1 is 0.722 bits per heavy atom. The molecule has 2 rings (SSSR count). The summed E-state index contributed by atoms with van der Waals surface area (Å²) >= 11 is 0. The van der Waals surface area contributed by atoms with Crippen LogP contribution in [0.1, 0.15) is 38.5 Å². The Labute approximate surface area is 122 Å². The average molecular weight is 303 g/mol. The Balaban J connectivity index is 0. The third-order valence-corrected chi connectivity index (χ3v) is 3.69. The van der Waals surface area contributed by atoms with E-state index in [-0.39, 0.29) is 37.0 Å². The first kappa shape index (κ1) is 20.7. The van der Waals surface area contributed by atoms with Gasteiger partial charge in [-0.15, -0.1) is 24.8 Å². The van der Waals surface area contributed by atoms with Crippen molar-refractivity contribution in [3.8, 4) is 0 Å². The topological polar surface area (TPSA) is 92.5 Å². The van der Waals surface area contributed by atoms with Crippen LogP contribution in [0, 0.1) is 11.8 Å². The molecule has 6 N–H and O–H groups in total. The fourth-order valence-electron chi connectivity index (χ4n) is 2.53. The first-order valence-corrected chi connectivity index (χ1v) is 6.42. The van der Waals surface area contributed by atoms with Crippen LogP contribution in [0.15, 0.2) is 0 Å². The third-order valence-electron chi connectivity index (χ3n) is 3.69. The first-order chi connectivity index (χ1) is 7.65. The Morgan fingerprint density at radius 3 is 1.17 bits per heavy atom. The quantitative estimate of drug-likeness (QED) is 0.613. The monoisotopic (exact) mass is 302 g/mol. The maximum Gasteiger partial charge on any atom is 0.0543 e. The number of nitrogens with two attached hydrogens (primary N) is 2. The molecule has 2 aliphatic rings. The molecule has 0 radical (unpaired) electrons. The van der Waals surface area contributed by atoms with Gasteiger partial charge in [0.25, 0.3) is 0 Å². The SMILES string of the molecule is Cl.Cl.NC[C@@H]1CC[C@H](O)C1.NC[C@H]1CC[C@@H](O)C1. The van der Waals surface area contributed by atoms with Crippen molar-refractivity contribution < 1.29 is 10.2 Å². The van der Waals surface area contributed by atoms with Gasteiger partial charge in [-0.1, -0.05) is 0 Å². The molecule has 6 heteroatoms. The smallest absolute Gasteiger partial charge is 0.0543 e. The minimum atomic E-state index is -0.0523. The highest BCUT2D eigenvalue weighted by molar-refractivity contribution is 5.85. The summed E-state index contributed by atoms with van der Waals surface area (Å²) in [5, 5.41) is 18.0. The van der Waals surface area contributed by atoms with Crippen LogP contribution in [0.25, 0.3) is 0 Å². The maximum atomic E-state index is 8.98. The van der Waals surface area contributed by atoms with E-state index >= 15 is 0 Å². The lowest BCUT2D eigenvalue weighted by Gasteiger charge is -2.01. The van der Waals surface area contributed by atoms with E-state index in [0.717, 1.165) is 51.6 Å². The Morgan fingerprint density at radius 2 is 1.06 bits per heavy atom. The van der Waals surface area contributed by atoms with Gasteiger partial charge in [0.05, 0.1) is 12.2 Å². The second-order valence-electron chi connectivity index (χ2n) is 5.14. The molecule has 2 saturated carbocycles. The third kappa shape index (κ3) is 7.77. The van der Waals surface area contributed by atoms with E-state index in [4.69, 9.17) is 21.7 Å². The number of hydrogen-bond acceptors (Lipinski definition) is 4. The molecule has 0 aromatic heterocycles. The van der Waals surface area contributed by atoms with E-state index in [1.54, 1.807) is 0 Å². The van der Waals surface area contributed by atoms with Gasteiger partial charge in [0.15, 0.2) is 0 Å². The van der Waals surface area contributed by atoms with Gasteiger partial charge in [0, 0.05) is 0 Å². The van der Waals surface area contributed by atoms with Crippen molar-refractivity contribution in [2.75, 3.05) is 13.1 Å². The van der Waals surface area contributed by atoms with Gasteiger partial charge in [-0.3, -0.25) is 0 Å². The van der Waals surface area contributed by atoms with E-state index in [1.165, 1.54) is 0 Å². The van der Waals surface area contributed by atoms with Gasteiger partial charge in [0.1, 0.15) is 0 Å². The van der Waals surface area contributed by atoms with Crippen molar-refractivity contribution in [2.24, 2.45) is 23.3 Å². The predicted octanol–water partition coefficient (Wildman–Crippen LogP) is 1.06. The molecule has 0 spiro atoms. The number of aliphatic hydroxyl groups excluding tert-OH is 2. The summed E-state index contributed by atoms with van der Waals surface area (Å²) in [6, 6.07) is 0. The molecule has 0 heterocycles. The molecule has 0 saturated heterocycles. The molecule has 0 aromatic rings. The second kappa shape index (κ2) is 11.3. The highest BCUT2D eigenvalue weighted by atomic mass is 35.5. The van der Waals surface area contributed by atoms with Gasteiger partial charge in [-0.25, -0.2) is 0 Å². The van der Waals surface area contributed by atoms with Gasteiger partial charge in [-0.05, 0) is 63.5 Å². The van der Waals surface area contributed by atoms with Gasteiger partial charge in [-0.2, -0.15) is 0 Å². The van der Waals surface area contributed by atoms with Crippen molar-refractivity contribution in [2.45, 2.75) is 50.7 Å². The van der Waals surface area contributed by atoms with Crippen molar-refractivity contribution in [1.29, 1.82) is 0 Å². The zero-order valence-corrected chi connectivity index (χ0v) is 12.5. The number of rotatable bonds is 2. The van der Waals surface area contributed by atoms with Crippen LogP contribution in [0.5, 0.6) is 0 Å². The zero-order chi connectivity index (χ0) is 12.0. The molecular formula is C12H28Cl2N2O2. The fraction of sp³-hybridized carbons (Fsp3) is 1.00. The van der Waals surface area contributed by atoms with Crippen molar-refractivity contribution in [3.05, 3.63) is 0 Å². The molecule has 0 aliphatic heterocycles. The van der Waals surface area contributed by atoms with E-state index < -0.39 is 0 Å². The predicted molar refractivity (Wildman–Crippen MR) is 79.3 cm³/mol. The lowest BCUT2D eigenvalue weighted by Crippen LogP contribution is -2.11. The van der Waals surface area contributed by atoms with E-state index in [0.29, 0.717) is 11.8 Å². The summed E-state index contributed by atoms with van der Waals surface area (Å²) in [7, 11) is 0. The van der Waals surface area contributed by atoms with Crippen molar-refractivity contribution in [1.82, 2.24) is 0 Å². The normalized spacial score (nSPS) is 34.0. The summed E-state index contributed by atoms with van der Waals surface area (Å²) in [6.07, 6.45) is 5.92. The largest absolute Gasteiger partial charge is 0.393 e. The van der Waals surface area contributed by atoms with Crippen molar-refractivity contribution in [3.63, 3.8) is 0 Å². The van der Waals surface area contributed by atoms with E-state index in [2.05, 4.69) is 0 Å². The molecule has 4 atom stereocenters. The summed E-state index contributed by atoms with van der Waals surface area (Å²) in [5.74, 6) is 1.20. The van der Waals surface area contributed by atoms with E-state index in [1.807, 2.05) is 0 Å². The number of hydrogen-bond donors (Lipinski definition) is 4. The molecule has 0 amide bonds.